The van der Waals surface area contributed by atoms with Gasteiger partial charge in [-0.05, 0) is 43.4 Å². The van der Waals surface area contributed by atoms with E-state index in [-0.39, 0.29) is 5.41 Å². The Bertz CT molecular complexity index is 267. The quantitative estimate of drug-likeness (QED) is 0.808. The van der Waals surface area contributed by atoms with Crippen LogP contribution in [0.25, 0.3) is 0 Å². The summed E-state index contributed by atoms with van der Waals surface area (Å²) in [7, 11) is 2.17. The first-order valence-electron chi connectivity index (χ1n) is 5.44. The summed E-state index contributed by atoms with van der Waals surface area (Å²) in [6, 6.07) is 4.30. The van der Waals surface area contributed by atoms with Crippen LogP contribution in [-0.4, -0.2) is 25.0 Å². The molecule has 0 unspecified atom stereocenters. The van der Waals surface area contributed by atoms with Gasteiger partial charge >= 0.3 is 0 Å². The van der Waals surface area contributed by atoms with E-state index in [9.17, 15) is 0 Å². The standard InChI is InChI=1S/C12H22N2S/c1-12(2,10-13)6-7-14(3)9-11-5-4-8-15-11/h4-5,8H,6-7,9-10,13H2,1-3H3. The van der Waals surface area contributed by atoms with E-state index in [0.717, 1.165) is 26.1 Å². The maximum atomic E-state index is 5.71. The molecule has 86 valence electrons. The predicted octanol–water partition coefficient (Wildman–Crippen LogP) is 2.55. The Morgan fingerprint density at radius 2 is 2.20 bits per heavy atom. The Morgan fingerprint density at radius 1 is 1.47 bits per heavy atom. The fourth-order valence-electron chi connectivity index (χ4n) is 1.34. The van der Waals surface area contributed by atoms with Gasteiger partial charge in [0, 0.05) is 11.4 Å². The Labute approximate surface area is 97.1 Å². The van der Waals surface area contributed by atoms with Crippen LogP contribution in [0.3, 0.4) is 0 Å². The van der Waals surface area contributed by atoms with Crippen LogP contribution in [0.2, 0.25) is 0 Å². The molecule has 0 fully saturated rings. The molecule has 0 aliphatic rings. The van der Waals surface area contributed by atoms with E-state index >= 15 is 0 Å². The molecule has 0 radical (unpaired) electrons. The molecule has 0 atom stereocenters. The second-order valence-corrected chi connectivity index (χ2v) is 5.97. The van der Waals surface area contributed by atoms with Gasteiger partial charge in [0.15, 0.2) is 0 Å². The molecule has 0 aromatic carbocycles. The third-order valence-corrected chi connectivity index (χ3v) is 3.59. The summed E-state index contributed by atoms with van der Waals surface area (Å²) in [5, 5.41) is 2.13. The first-order chi connectivity index (χ1) is 7.03. The van der Waals surface area contributed by atoms with Crippen LogP contribution >= 0.6 is 11.3 Å². The molecule has 0 bridgehead atoms. The van der Waals surface area contributed by atoms with Gasteiger partial charge in [0.2, 0.25) is 0 Å². The molecule has 1 heterocycles. The van der Waals surface area contributed by atoms with Crippen molar-refractivity contribution >= 4 is 11.3 Å². The van der Waals surface area contributed by atoms with E-state index in [2.05, 4.69) is 43.3 Å². The van der Waals surface area contributed by atoms with Crippen LogP contribution in [0.5, 0.6) is 0 Å². The fourth-order valence-corrected chi connectivity index (χ4v) is 2.13. The second kappa shape index (κ2) is 5.64. The van der Waals surface area contributed by atoms with Gasteiger partial charge in [-0.1, -0.05) is 19.9 Å². The van der Waals surface area contributed by atoms with Crippen molar-refractivity contribution in [3.8, 4) is 0 Å². The van der Waals surface area contributed by atoms with Crippen LogP contribution < -0.4 is 5.73 Å². The Morgan fingerprint density at radius 3 is 2.73 bits per heavy atom. The molecule has 3 heteroatoms. The zero-order valence-electron chi connectivity index (χ0n) is 9.99. The maximum Gasteiger partial charge on any atom is 0.0324 e. The van der Waals surface area contributed by atoms with Gasteiger partial charge in [0.1, 0.15) is 0 Å². The van der Waals surface area contributed by atoms with Gasteiger partial charge in [-0.25, -0.2) is 0 Å². The number of rotatable bonds is 6. The molecule has 1 aromatic heterocycles. The zero-order valence-corrected chi connectivity index (χ0v) is 10.8. The molecule has 0 saturated heterocycles. The lowest BCUT2D eigenvalue weighted by Crippen LogP contribution is -2.29. The smallest absolute Gasteiger partial charge is 0.0324 e. The Kier molecular flexibility index (Phi) is 4.77. The van der Waals surface area contributed by atoms with Crippen molar-refractivity contribution < 1.29 is 0 Å². The number of nitrogens with zero attached hydrogens (tertiary/aromatic N) is 1. The van der Waals surface area contributed by atoms with Crippen LogP contribution in [0.4, 0.5) is 0 Å². The summed E-state index contributed by atoms with van der Waals surface area (Å²) in [5.74, 6) is 0. The van der Waals surface area contributed by atoms with E-state index in [1.54, 1.807) is 0 Å². The lowest BCUT2D eigenvalue weighted by molar-refractivity contribution is 0.250. The normalized spacial score (nSPS) is 12.3. The Hall–Kier alpha value is -0.380. The number of nitrogens with two attached hydrogens (primary N) is 1. The topological polar surface area (TPSA) is 29.3 Å². The largest absolute Gasteiger partial charge is 0.330 e. The summed E-state index contributed by atoms with van der Waals surface area (Å²) in [5.41, 5.74) is 5.98. The van der Waals surface area contributed by atoms with E-state index in [1.165, 1.54) is 4.88 Å². The van der Waals surface area contributed by atoms with E-state index < -0.39 is 0 Å². The van der Waals surface area contributed by atoms with E-state index in [0.29, 0.717) is 0 Å². The average Bonchev–Trinajstić information content (AvgIpc) is 2.68. The SMILES string of the molecule is CN(CCC(C)(C)CN)Cc1cccs1. The second-order valence-electron chi connectivity index (χ2n) is 4.94. The molecule has 15 heavy (non-hydrogen) atoms. The monoisotopic (exact) mass is 226 g/mol. The van der Waals surface area contributed by atoms with Crippen LogP contribution in [0.15, 0.2) is 17.5 Å². The molecule has 0 spiro atoms. The number of hydrogen-bond donors (Lipinski definition) is 1. The third kappa shape index (κ3) is 4.78. The Balaban J connectivity index is 2.28. The van der Waals surface area contributed by atoms with Crippen molar-refractivity contribution in [1.29, 1.82) is 0 Å². The summed E-state index contributed by atoms with van der Waals surface area (Å²) < 4.78 is 0. The molecule has 1 rings (SSSR count). The van der Waals surface area contributed by atoms with Crippen LogP contribution in [0.1, 0.15) is 25.1 Å². The third-order valence-electron chi connectivity index (χ3n) is 2.73. The summed E-state index contributed by atoms with van der Waals surface area (Å²) in [4.78, 5) is 3.80. The van der Waals surface area contributed by atoms with Crippen molar-refractivity contribution in [3.05, 3.63) is 22.4 Å². The zero-order chi connectivity index (χ0) is 11.3. The van der Waals surface area contributed by atoms with Gasteiger partial charge in [-0.3, -0.25) is 0 Å². The lowest BCUT2D eigenvalue weighted by atomic mass is 9.89. The molecule has 0 saturated carbocycles. The average molecular weight is 226 g/mol. The highest BCUT2D eigenvalue weighted by Crippen LogP contribution is 2.19. The van der Waals surface area contributed by atoms with Crippen molar-refractivity contribution in [1.82, 2.24) is 4.90 Å². The highest BCUT2D eigenvalue weighted by Gasteiger charge is 2.15. The molecular weight excluding hydrogens is 204 g/mol. The van der Waals surface area contributed by atoms with Crippen LogP contribution in [-0.2, 0) is 6.54 Å². The highest BCUT2D eigenvalue weighted by atomic mass is 32.1. The van der Waals surface area contributed by atoms with Gasteiger partial charge < -0.3 is 10.6 Å². The number of thiophene rings is 1. The predicted molar refractivity (Wildman–Crippen MR) is 68.1 cm³/mol. The van der Waals surface area contributed by atoms with E-state index in [1.807, 2.05) is 11.3 Å². The molecular formula is C12H22N2S. The minimum Gasteiger partial charge on any atom is -0.330 e. The van der Waals surface area contributed by atoms with Crippen molar-refractivity contribution in [2.24, 2.45) is 11.1 Å². The molecule has 2 N–H and O–H groups in total. The van der Waals surface area contributed by atoms with Gasteiger partial charge in [0.05, 0.1) is 0 Å². The fraction of sp³-hybridized carbons (Fsp3) is 0.667. The van der Waals surface area contributed by atoms with Crippen molar-refractivity contribution in [2.45, 2.75) is 26.8 Å². The maximum absolute atomic E-state index is 5.71. The number of hydrogen-bond acceptors (Lipinski definition) is 3. The molecule has 0 aliphatic heterocycles. The lowest BCUT2D eigenvalue weighted by Gasteiger charge is -2.25. The van der Waals surface area contributed by atoms with Crippen LogP contribution in [0, 0.1) is 5.41 Å². The first kappa shape index (κ1) is 12.7. The molecule has 0 amide bonds. The minimum absolute atomic E-state index is 0.268. The van der Waals surface area contributed by atoms with Gasteiger partial charge in [0.25, 0.3) is 0 Å². The molecule has 1 aromatic rings. The highest BCUT2D eigenvalue weighted by molar-refractivity contribution is 7.09. The molecule has 0 aliphatic carbocycles. The summed E-state index contributed by atoms with van der Waals surface area (Å²) in [6.07, 6.45) is 1.16. The minimum atomic E-state index is 0.268. The van der Waals surface area contributed by atoms with E-state index in [4.69, 9.17) is 5.73 Å². The van der Waals surface area contributed by atoms with Gasteiger partial charge in [-0.15, -0.1) is 11.3 Å². The first-order valence-corrected chi connectivity index (χ1v) is 6.32. The van der Waals surface area contributed by atoms with Crippen molar-refractivity contribution in [2.75, 3.05) is 20.1 Å². The summed E-state index contributed by atoms with van der Waals surface area (Å²) in [6.45, 7) is 7.39. The van der Waals surface area contributed by atoms with Gasteiger partial charge in [-0.2, -0.15) is 0 Å². The summed E-state index contributed by atoms with van der Waals surface area (Å²) >= 11 is 1.82. The van der Waals surface area contributed by atoms with Crippen molar-refractivity contribution in [3.63, 3.8) is 0 Å². The molecule has 2 nitrogen and oxygen atoms in total.